The molecule has 2 aromatic rings. The number of likely N-dealkylation sites (tertiary alicyclic amines) is 1. The molecule has 2 amide bonds. The second-order valence-corrected chi connectivity index (χ2v) is 11.2. The molecular weight excluding hydrogens is 424 g/mol. The summed E-state index contributed by atoms with van der Waals surface area (Å²) in [7, 11) is -3.13. The summed E-state index contributed by atoms with van der Waals surface area (Å²) in [4.78, 5) is 32.2. The van der Waals surface area contributed by atoms with E-state index in [1.54, 1.807) is 17.4 Å². The van der Waals surface area contributed by atoms with Crippen molar-refractivity contribution in [3.05, 3.63) is 41.0 Å². The van der Waals surface area contributed by atoms with E-state index in [0.717, 1.165) is 28.1 Å². The number of sulfone groups is 1. The first-order chi connectivity index (χ1) is 14.4. The van der Waals surface area contributed by atoms with Gasteiger partial charge in [-0.2, -0.15) is 0 Å². The standard InChI is InChI=1S/C20H22N4O4S2/c25-18-8-7-15(22-24(18)13-9-11-30(27,28)12-13)20(26)23-10-3-5-16(23)19-21-14-4-1-2-6-17(14)29-19/h1-2,4,6-7,13,16,22H,3,5,8-12H2/t13-,16-/m0/s1. The molecule has 0 unspecified atom stereocenters. The predicted molar refractivity (Wildman–Crippen MR) is 113 cm³/mol. The van der Waals surface area contributed by atoms with Crippen LogP contribution in [0.4, 0.5) is 0 Å². The Hall–Kier alpha value is -2.46. The lowest BCUT2D eigenvalue weighted by atomic mass is 10.1. The topological polar surface area (TPSA) is 99.7 Å². The first kappa shape index (κ1) is 19.5. The van der Waals surface area contributed by atoms with Crippen LogP contribution in [0.2, 0.25) is 0 Å². The molecular formula is C20H22N4O4S2. The predicted octanol–water partition coefficient (Wildman–Crippen LogP) is 1.77. The monoisotopic (exact) mass is 446 g/mol. The van der Waals surface area contributed by atoms with Crippen LogP contribution in [0.1, 0.15) is 36.7 Å². The molecule has 3 aliphatic heterocycles. The van der Waals surface area contributed by atoms with Crippen molar-refractivity contribution in [3.8, 4) is 0 Å². The molecule has 10 heteroatoms. The lowest BCUT2D eigenvalue weighted by Crippen LogP contribution is -2.54. The highest BCUT2D eigenvalue weighted by molar-refractivity contribution is 7.91. The molecule has 0 spiro atoms. The average molecular weight is 447 g/mol. The minimum atomic E-state index is -3.13. The molecule has 1 aromatic heterocycles. The van der Waals surface area contributed by atoms with Crippen LogP contribution < -0.4 is 5.43 Å². The Kier molecular flexibility index (Phi) is 4.78. The van der Waals surface area contributed by atoms with E-state index in [-0.39, 0.29) is 35.8 Å². The van der Waals surface area contributed by atoms with Crippen LogP contribution in [-0.4, -0.2) is 59.2 Å². The highest BCUT2D eigenvalue weighted by atomic mass is 32.2. The molecule has 0 radical (unpaired) electrons. The first-order valence-corrected chi connectivity index (χ1v) is 12.7. The summed E-state index contributed by atoms with van der Waals surface area (Å²) in [5.74, 6) is -0.374. The van der Waals surface area contributed by atoms with Gasteiger partial charge >= 0.3 is 0 Å². The number of amides is 2. The zero-order valence-electron chi connectivity index (χ0n) is 16.3. The number of fused-ring (bicyclic) bond motifs is 1. The van der Waals surface area contributed by atoms with Crippen LogP contribution in [0.25, 0.3) is 10.2 Å². The number of carbonyl (C=O) groups is 2. The van der Waals surface area contributed by atoms with Gasteiger partial charge in [-0.15, -0.1) is 11.3 Å². The average Bonchev–Trinajstić information content (AvgIpc) is 3.44. The zero-order valence-corrected chi connectivity index (χ0v) is 17.9. The van der Waals surface area contributed by atoms with Gasteiger partial charge < -0.3 is 4.90 Å². The van der Waals surface area contributed by atoms with Crippen molar-refractivity contribution in [2.75, 3.05) is 18.1 Å². The highest BCUT2D eigenvalue weighted by Crippen LogP contribution is 2.37. The van der Waals surface area contributed by atoms with Crippen molar-refractivity contribution >= 4 is 43.2 Å². The van der Waals surface area contributed by atoms with E-state index in [2.05, 4.69) is 5.43 Å². The third kappa shape index (κ3) is 3.47. The molecule has 1 N–H and O–H groups in total. The number of hydrogen-bond donors (Lipinski definition) is 1. The summed E-state index contributed by atoms with van der Waals surface area (Å²) in [5.41, 5.74) is 4.21. The summed E-state index contributed by atoms with van der Waals surface area (Å²) in [6.45, 7) is 0.629. The van der Waals surface area contributed by atoms with Gasteiger partial charge in [0.15, 0.2) is 9.84 Å². The Labute approximate surface area is 178 Å². The molecule has 4 heterocycles. The molecule has 0 saturated carbocycles. The zero-order chi connectivity index (χ0) is 20.9. The Morgan fingerprint density at radius 1 is 1.23 bits per heavy atom. The van der Waals surface area contributed by atoms with E-state index in [1.165, 1.54) is 5.01 Å². The van der Waals surface area contributed by atoms with Gasteiger partial charge in [0, 0.05) is 13.0 Å². The van der Waals surface area contributed by atoms with E-state index < -0.39 is 15.9 Å². The Bertz CT molecular complexity index is 1120. The lowest BCUT2D eigenvalue weighted by Gasteiger charge is -2.34. The number of hydrogen-bond acceptors (Lipinski definition) is 7. The summed E-state index contributed by atoms with van der Waals surface area (Å²) < 4.78 is 24.8. The number of rotatable bonds is 3. The summed E-state index contributed by atoms with van der Waals surface area (Å²) >= 11 is 1.61. The molecule has 1 aromatic carbocycles. The van der Waals surface area contributed by atoms with Gasteiger partial charge in [-0.05, 0) is 37.5 Å². The smallest absolute Gasteiger partial charge is 0.272 e. The molecule has 0 aliphatic carbocycles. The van der Waals surface area contributed by atoms with E-state index >= 15 is 0 Å². The van der Waals surface area contributed by atoms with Crippen LogP contribution in [0, 0.1) is 0 Å². The summed E-state index contributed by atoms with van der Waals surface area (Å²) in [5, 5.41) is 2.27. The van der Waals surface area contributed by atoms with Crippen LogP contribution in [0.15, 0.2) is 36.0 Å². The molecule has 5 rings (SSSR count). The van der Waals surface area contributed by atoms with E-state index in [4.69, 9.17) is 4.98 Å². The maximum Gasteiger partial charge on any atom is 0.272 e. The van der Waals surface area contributed by atoms with Crippen molar-refractivity contribution in [1.82, 2.24) is 20.3 Å². The molecule has 0 bridgehead atoms. The van der Waals surface area contributed by atoms with Gasteiger partial charge in [0.1, 0.15) is 10.7 Å². The molecule has 2 saturated heterocycles. The summed E-state index contributed by atoms with van der Waals surface area (Å²) in [6.07, 6.45) is 3.83. The molecule has 2 atom stereocenters. The molecule has 8 nitrogen and oxygen atoms in total. The van der Waals surface area contributed by atoms with Gasteiger partial charge in [-0.25, -0.2) is 13.4 Å². The number of nitrogens with zero attached hydrogens (tertiary/aromatic N) is 3. The summed E-state index contributed by atoms with van der Waals surface area (Å²) in [6, 6.07) is 7.42. The second-order valence-electron chi connectivity index (χ2n) is 7.93. The number of hydrazine groups is 1. The number of aromatic nitrogens is 1. The van der Waals surface area contributed by atoms with Crippen LogP contribution in [0.5, 0.6) is 0 Å². The number of carbonyl (C=O) groups excluding carboxylic acids is 2. The van der Waals surface area contributed by atoms with Crippen LogP contribution in [0.3, 0.4) is 0 Å². The SMILES string of the molecule is O=C(C1=CCC(=O)N([C@H]2CCS(=O)(=O)C2)N1)N1CCC[C@H]1c1nc2ccccc2s1. The van der Waals surface area contributed by atoms with Crippen molar-refractivity contribution in [3.63, 3.8) is 0 Å². The molecule has 3 aliphatic rings. The molecule has 30 heavy (non-hydrogen) atoms. The minimum Gasteiger partial charge on any atom is -0.328 e. The third-order valence-electron chi connectivity index (χ3n) is 5.90. The Morgan fingerprint density at radius 2 is 2.07 bits per heavy atom. The van der Waals surface area contributed by atoms with Gasteiger partial charge in [0.25, 0.3) is 5.91 Å². The number of para-hydroxylation sites is 1. The number of benzene rings is 1. The van der Waals surface area contributed by atoms with E-state index in [0.29, 0.717) is 18.7 Å². The van der Waals surface area contributed by atoms with Gasteiger partial charge in [-0.3, -0.25) is 20.0 Å². The molecule has 2 fully saturated rings. The second kappa shape index (κ2) is 7.35. The van der Waals surface area contributed by atoms with E-state index in [9.17, 15) is 18.0 Å². The van der Waals surface area contributed by atoms with Crippen molar-refractivity contribution < 1.29 is 18.0 Å². The maximum atomic E-state index is 13.3. The quantitative estimate of drug-likeness (QED) is 0.771. The van der Waals surface area contributed by atoms with Crippen molar-refractivity contribution in [2.24, 2.45) is 0 Å². The number of thiazole rings is 1. The Morgan fingerprint density at radius 3 is 2.83 bits per heavy atom. The van der Waals surface area contributed by atoms with Crippen molar-refractivity contribution in [1.29, 1.82) is 0 Å². The normalized spacial score (nSPS) is 26.1. The van der Waals surface area contributed by atoms with Crippen LogP contribution in [-0.2, 0) is 19.4 Å². The fourth-order valence-corrected chi connectivity index (χ4v) is 7.20. The molecule has 158 valence electrons. The van der Waals surface area contributed by atoms with E-state index in [1.807, 2.05) is 29.2 Å². The van der Waals surface area contributed by atoms with Gasteiger partial charge in [-0.1, -0.05) is 12.1 Å². The van der Waals surface area contributed by atoms with Crippen LogP contribution >= 0.6 is 11.3 Å². The number of nitrogens with one attached hydrogen (secondary N) is 1. The highest BCUT2D eigenvalue weighted by Gasteiger charge is 2.39. The fourth-order valence-electron chi connectivity index (χ4n) is 4.39. The van der Waals surface area contributed by atoms with Gasteiger partial charge in [0.05, 0.1) is 33.8 Å². The minimum absolute atomic E-state index is 0.0642. The lowest BCUT2D eigenvalue weighted by molar-refractivity contribution is -0.138. The maximum absolute atomic E-state index is 13.3. The fraction of sp³-hybridized carbons (Fsp3) is 0.450. The van der Waals surface area contributed by atoms with Gasteiger partial charge in [0.2, 0.25) is 5.91 Å². The Balaban J connectivity index is 1.36. The first-order valence-electron chi connectivity index (χ1n) is 10.1. The largest absolute Gasteiger partial charge is 0.328 e. The van der Waals surface area contributed by atoms with Crippen molar-refractivity contribution in [2.45, 2.75) is 37.8 Å². The third-order valence-corrected chi connectivity index (χ3v) is 8.79.